The number of hydrogen-bond donors (Lipinski definition) is 0. The molecule has 8 heteroatoms. The van der Waals surface area contributed by atoms with Gasteiger partial charge in [0.15, 0.2) is 5.75 Å². The van der Waals surface area contributed by atoms with Crippen molar-refractivity contribution in [1.29, 1.82) is 0 Å². The molecule has 1 aromatic heterocycles. The maximum atomic E-state index is 11.6. The molecule has 0 bridgehead atoms. The number of nitro benzene ring substituents is 1. The van der Waals surface area contributed by atoms with Crippen molar-refractivity contribution in [3.8, 4) is 17.2 Å². The number of aromatic nitrogens is 1. The van der Waals surface area contributed by atoms with E-state index in [1.54, 1.807) is 25.3 Å². The van der Waals surface area contributed by atoms with Crippen LogP contribution >= 0.6 is 0 Å². The Morgan fingerprint density at radius 1 is 1.03 bits per heavy atom. The summed E-state index contributed by atoms with van der Waals surface area (Å²) in [6.45, 7) is 1.21. The molecule has 0 atom stereocenters. The van der Waals surface area contributed by atoms with Crippen LogP contribution in [0, 0.1) is 10.1 Å². The number of pyridine rings is 1. The van der Waals surface area contributed by atoms with E-state index in [0.29, 0.717) is 17.0 Å². The van der Waals surface area contributed by atoms with Crippen molar-refractivity contribution >= 4 is 34.7 Å². The molecule has 2 aromatic carbocycles. The Morgan fingerprint density at radius 2 is 1.83 bits per heavy atom. The molecule has 0 N–H and O–H groups in total. The van der Waals surface area contributed by atoms with E-state index in [2.05, 4.69) is 4.98 Å². The number of methoxy groups -OCH3 is 2. The van der Waals surface area contributed by atoms with Crippen LogP contribution in [0.5, 0.6) is 17.2 Å². The fourth-order valence-corrected chi connectivity index (χ4v) is 2.89. The van der Waals surface area contributed by atoms with Gasteiger partial charge in [0.1, 0.15) is 11.3 Å². The third-order valence-corrected chi connectivity index (χ3v) is 4.13. The number of carbonyl (C=O) groups excluding carboxylic acids is 1. The van der Waals surface area contributed by atoms with Gasteiger partial charge in [0.2, 0.25) is 5.75 Å². The highest BCUT2D eigenvalue weighted by atomic mass is 16.6. The van der Waals surface area contributed by atoms with Crippen LogP contribution in [0.15, 0.2) is 42.5 Å². The van der Waals surface area contributed by atoms with Crippen molar-refractivity contribution in [1.82, 2.24) is 4.98 Å². The molecular formula is C21H18N2O6. The first-order valence-electron chi connectivity index (χ1n) is 8.60. The Kier molecular flexibility index (Phi) is 5.73. The third-order valence-electron chi connectivity index (χ3n) is 4.13. The van der Waals surface area contributed by atoms with E-state index in [1.165, 1.54) is 26.2 Å². The molecule has 29 heavy (non-hydrogen) atoms. The normalized spacial score (nSPS) is 10.9. The highest BCUT2D eigenvalue weighted by molar-refractivity contribution is 5.86. The van der Waals surface area contributed by atoms with Crippen molar-refractivity contribution in [2.45, 2.75) is 6.92 Å². The molecule has 0 aliphatic heterocycles. The molecule has 0 unspecified atom stereocenters. The largest absolute Gasteiger partial charge is 0.494 e. The lowest BCUT2D eigenvalue weighted by atomic mass is 10.1. The lowest BCUT2D eigenvalue weighted by Gasteiger charge is -2.10. The molecule has 8 nitrogen and oxygen atoms in total. The van der Waals surface area contributed by atoms with Gasteiger partial charge >= 0.3 is 11.7 Å². The summed E-state index contributed by atoms with van der Waals surface area (Å²) in [6.07, 6.45) is 3.21. The van der Waals surface area contributed by atoms with Crippen LogP contribution in [0.4, 0.5) is 5.69 Å². The minimum absolute atomic E-state index is 0.0163. The minimum Gasteiger partial charge on any atom is -0.494 e. The number of ether oxygens (including phenoxy) is 3. The summed E-state index contributed by atoms with van der Waals surface area (Å²) >= 11 is 0. The number of benzene rings is 2. The van der Waals surface area contributed by atoms with Crippen LogP contribution < -0.4 is 14.2 Å². The minimum atomic E-state index is -0.602. The highest BCUT2D eigenvalue weighted by Crippen LogP contribution is 2.40. The molecule has 0 saturated carbocycles. The maximum Gasteiger partial charge on any atom is 0.322 e. The van der Waals surface area contributed by atoms with Gasteiger partial charge in [-0.15, -0.1) is 0 Å². The molecule has 0 aliphatic carbocycles. The number of fused-ring (bicyclic) bond motifs is 1. The Bertz CT molecular complexity index is 1120. The number of hydrogen-bond acceptors (Lipinski definition) is 7. The fourth-order valence-electron chi connectivity index (χ4n) is 2.89. The van der Waals surface area contributed by atoms with Crippen LogP contribution in [0.3, 0.4) is 0 Å². The smallest absolute Gasteiger partial charge is 0.322 e. The van der Waals surface area contributed by atoms with Gasteiger partial charge in [0.25, 0.3) is 0 Å². The van der Waals surface area contributed by atoms with E-state index in [4.69, 9.17) is 14.2 Å². The molecule has 0 radical (unpaired) electrons. The first-order chi connectivity index (χ1) is 13.9. The van der Waals surface area contributed by atoms with E-state index in [1.807, 2.05) is 24.3 Å². The van der Waals surface area contributed by atoms with Crippen molar-refractivity contribution in [2.24, 2.45) is 0 Å². The van der Waals surface area contributed by atoms with Gasteiger partial charge < -0.3 is 14.2 Å². The number of nitrogens with zero attached hydrogens (tertiary/aromatic N) is 2. The average molecular weight is 394 g/mol. The predicted octanol–water partition coefficient (Wildman–Crippen LogP) is 4.26. The second-order valence-corrected chi connectivity index (χ2v) is 5.99. The number of nitro groups is 1. The zero-order chi connectivity index (χ0) is 21.0. The number of rotatable bonds is 6. The van der Waals surface area contributed by atoms with E-state index < -0.39 is 10.9 Å². The van der Waals surface area contributed by atoms with E-state index in [0.717, 1.165) is 5.39 Å². The first-order valence-corrected chi connectivity index (χ1v) is 8.60. The fraction of sp³-hybridized carbons (Fsp3) is 0.143. The van der Waals surface area contributed by atoms with Crippen LogP contribution in [0.25, 0.3) is 23.1 Å². The van der Waals surface area contributed by atoms with E-state index >= 15 is 0 Å². The molecule has 0 aliphatic rings. The van der Waals surface area contributed by atoms with Gasteiger partial charge in [0, 0.05) is 12.3 Å². The van der Waals surface area contributed by atoms with Crippen LogP contribution in [0.1, 0.15) is 18.2 Å². The summed E-state index contributed by atoms with van der Waals surface area (Å²) in [6, 6.07) is 12.2. The van der Waals surface area contributed by atoms with E-state index in [9.17, 15) is 14.9 Å². The second-order valence-electron chi connectivity index (χ2n) is 5.99. The third kappa shape index (κ3) is 4.16. The lowest BCUT2D eigenvalue weighted by Crippen LogP contribution is -2.05. The topological polar surface area (TPSA) is 101 Å². The Labute approximate surface area is 166 Å². The Hall–Kier alpha value is -3.94. The SMILES string of the molecule is COc1c(OC(C)=O)ccc(C=Cc2ccc3cccc(OC)c3n2)c1[N+](=O)[O-]. The van der Waals surface area contributed by atoms with Crippen molar-refractivity contribution in [2.75, 3.05) is 14.2 Å². The quantitative estimate of drug-likeness (QED) is 0.266. The molecule has 0 amide bonds. The van der Waals surface area contributed by atoms with E-state index in [-0.39, 0.29) is 22.7 Å². The monoisotopic (exact) mass is 394 g/mol. The molecule has 148 valence electrons. The van der Waals surface area contributed by atoms with Crippen molar-refractivity contribution in [3.05, 3.63) is 63.8 Å². The summed E-state index contributed by atoms with van der Waals surface area (Å²) in [4.78, 5) is 26.8. The zero-order valence-electron chi connectivity index (χ0n) is 16.0. The summed E-state index contributed by atoms with van der Waals surface area (Å²) in [5, 5.41) is 12.5. The number of carbonyl (C=O) groups is 1. The second kappa shape index (κ2) is 8.39. The standard InChI is InChI=1S/C21H18N2O6/c1-13(24)29-18-12-9-15(20(23(25)26)21(18)28-3)8-11-16-10-7-14-5-4-6-17(27-2)19(14)22-16/h4-12H,1-3H3. The summed E-state index contributed by atoms with van der Waals surface area (Å²) < 4.78 is 15.5. The van der Waals surface area contributed by atoms with Crippen LogP contribution in [-0.2, 0) is 4.79 Å². The van der Waals surface area contributed by atoms with Gasteiger partial charge in [-0.1, -0.05) is 18.2 Å². The predicted molar refractivity (Wildman–Crippen MR) is 108 cm³/mol. The van der Waals surface area contributed by atoms with Crippen molar-refractivity contribution in [3.63, 3.8) is 0 Å². The summed E-state index contributed by atoms with van der Waals surface area (Å²) in [5.41, 5.74) is 1.26. The molecular weight excluding hydrogens is 376 g/mol. The van der Waals surface area contributed by atoms with Crippen LogP contribution in [0.2, 0.25) is 0 Å². The van der Waals surface area contributed by atoms with Gasteiger partial charge in [-0.05, 0) is 36.4 Å². The van der Waals surface area contributed by atoms with Gasteiger partial charge in [0.05, 0.1) is 30.4 Å². The molecule has 0 fully saturated rings. The molecule has 3 aromatic rings. The zero-order valence-corrected chi connectivity index (χ0v) is 16.0. The molecule has 0 spiro atoms. The summed E-state index contributed by atoms with van der Waals surface area (Å²) in [7, 11) is 2.85. The highest BCUT2D eigenvalue weighted by Gasteiger charge is 2.25. The molecule has 0 saturated heterocycles. The molecule has 1 heterocycles. The number of para-hydroxylation sites is 1. The van der Waals surface area contributed by atoms with Gasteiger partial charge in [-0.3, -0.25) is 14.9 Å². The Morgan fingerprint density at radius 3 is 2.48 bits per heavy atom. The Balaban J connectivity index is 2.05. The average Bonchev–Trinajstić information content (AvgIpc) is 2.71. The van der Waals surface area contributed by atoms with Crippen molar-refractivity contribution < 1.29 is 23.9 Å². The van der Waals surface area contributed by atoms with Gasteiger partial charge in [-0.25, -0.2) is 4.98 Å². The number of esters is 1. The lowest BCUT2D eigenvalue weighted by molar-refractivity contribution is -0.386. The first kappa shape index (κ1) is 19.8. The summed E-state index contributed by atoms with van der Waals surface area (Å²) in [5.74, 6) is -0.107. The van der Waals surface area contributed by atoms with Crippen LogP contribution in [-0.4, -0.2) is 30.1 Å². The van der Waals surface area contributed by atoms with Gasteiger partial charge in [-0.2, -0.15) is 0 Å². The maximum absolute atomic E-state index is 11.6. The molecule has 3 rings (SSSR count).